The van der Waals surface area contributed by atoms with Crippen molar-refractivity contribution in [3.05, 3.63) is 48.0 Å². The van der Waals surface area contributed by atoms with E-state index in [1.807, 2.05) is 12.1 Å². The van der Waals surface area contributed by atoms with Crippen LogP contribution in [-0.4, -0.2) is 26.9 Å². The molecule has 1 saturated carbocycles. The molecule has 2 aromatic heterocycles. The SMILES string of the molecule is O=C(NCc1ccncc1)c1cnc(NC2CCCCC2)nc1. The van der Waals surface area contributed by atoms with Crippen LogP contribution in [0.15, 0.2) is 36.9 Å². The van der Waals surface area contributed by atoms with Crippen LogP contribution in [0.3, 0.4) is 0 Å². The van der Waals surface area contributed by atoms with E-state index in [9.17, 15) is 4.79 Å². The van der Waals surface area contributed by atoms with Gasteiger partial charge in [0.15, 0.2) is 0 Å². The van der Waals surface area contributed by atoms with Gasteiger partial charge in [-0.15, -0.1) is 0 Å². The van der Waals surface area contributed by atoms with Gasteiger partial charge in [-0.2, -0.15) is 0 Å². The number of rotatable bonds is 5. The molecule has 0 spiro atoms. The summed E-state index contributed by atoms with van der Waals surface area (Å²) in [7, 11) is 0. The third kappa shape index (κ3) is 4.48. The van der Waals surface area contributed by atoms with Gasteiger partial charge in [0.2, 0.25) is 5.95 Å². The molecule has 0 aliphatic heterocycles. The van der Waals surface area contributed by atoms with Crippen molar-refractivity contribution in [2.24, 2.45) is 0 Å². The third-order valence-electron chi connectivity index (χ3n) is 4.05. The highest BCUT2D eigenvalue weighted by molar-refractivity contribution is 5.93. The van der Waals surface area contributed by atoms with Crippen molar-refractivity contribution in [1.82, 2.24) is 20.3 Å². The molecule has 2 aromatic rings. The second-order valence-electron chi connectivity index (χ2n) is 5.81. The number of amides is 1. The standard InChI is InChI=1S/C17H21N5O/c23-16(19-10-13-6-8-18-9-7-13)14-11-20-17(21-12-14)22-15-4-2-1-3-5-15/h6-9,11-12,15H,1-5,10H2,(H,19,23)(H,20,21,22). The predicted octanol–water partition coefficient (Wildman–Crippen LogP) is 2.55. The van der Waals surface area contributed by atoms with Crippen LogP contribution in [0.4, 0.5) is 5.95 Å². The molecule has 3 rings (SSSR count). The maximum Gasteiger partial charge on any atom is 0.254 e. The second-order valence-corrected chi connectivity index (χ2v) is 5.81. The second kappa shape index (κ2) is 7.67. The minimum Gasteiger partial charge on any atom is -0.351 e. The highest BCUT2D eigenvalue weighted by Crippen LogP contribution is 2.19. The molecule has 1 aliphatic rings. The van der Waals surface area contributed by atoms with Gasteiger partial charge in [-0.1, -0.05) is 19.3 Å². The van der Waals surface area contributed by atoms with Crippen molar-refractivity contribution in [3.63, 3.8) is 0 Å². The normalized spacial score (nSPS) is 15.1. The molecule has 0 saturated heterocycles. The van der Waals surface area contributed by atoms with E-state index in [0.29, 0.717) is 24.1 Å². The highest BCUT2D eigenvalue weighted by Gasteiger charge is 2.14. The molecule has 0 aromatic carbocycles. The van der Waals surface area contributed by atoms with Crippen molar-refractivity contribution in [2.75, 3.05) is 5.32 Å². The molecule has 1 fully saturated rings. The number of aromatic nitrogens is 3. The van der Waals surface area contributed by atoms with E-state index < -0.39 is 0 Å². The van der Waals surface area contributed by atoms with Crippen LogP contribution >= 0.6 is 0 Å². The van der Waals surface area contributed by atoms with Crippen molar-refractivity contribution in [3.8, 4) is 0 Å². The van der Waals surface area contributed by atoms with Crippen molar-refractivity contribution >= 4 is 11.9 Å². The van der Waals surface area contributed by atoms with Crippen LogP contribution in [0, 0.1) is 0 Å². The van der Waals surface area contributed by atoms with Crippen molar-refractivity contribution < 1.29 is 4.79 Å². The number of hydrogen-bond donors (Lipinski definition) is 2. The number of nitrogens with zero attached hydrogens (tertiary/aromatic N) is 3. The molecule has 1 amide bonds. The van der Waals surface area contributed by atoms with E-state index in [-0.39, 0.29) is 5.91 Å². The lowest BCUT2D eigenvalue weighted by molar-refractivity contribution is 0.0950. The van der Waals surface area contributed by atoms with Crippen LogP contribution in [-0.2, 0) is 6.54 Å². The monoisotopic (exact) mass is 311 g/mol. The third-order valence-corrected chi connectivity index (χ3v) is 4.05. The summed E-state index contributed by atoms with van der Waals surface area (Å²) in [5.41, 5.74) is 1.47. The largest absolute Gasteiger partial charge is 0.351 e. The first-order valence-electron chi connectivity index (χ1n) is 8.07. The summed E-state index contributed by atoms with van der Waals surface area (Å²) in [6.07, 6.45) is 12.7. The summed E-state index contributed by atoms with van der Waals surface area (Å²) in [5.74, 6) is 0.425. The van der Waals surface area contributed by atoms with Gasteiger partial charge in [0.25, 0.3) is 5.91 Å². The van der Waals surface area contributed by atoms with E-state index in [4.69, 9.17) is 0 Å². The first-order chi connectivity index (χ1) is 11.3. The fourth-order valence-electron chi connectivity index (χ4n) is 2.73. The van der Waals surface area contributed by atoms with Gasteiger partial charge in [-0.3, -0.25) is 9.78 Å². The lowest BCUT2D eigenvalue weighted by Gasteiger charge is -2.22. The zero-order valence-electron chi connectivity index (χ0n) is 13.0. The highest BCUT2D eigenvalue weighted by atomic mass is 16.1. The molecule has 0 unspecified atom stereocenters. The van der Waals surface area contributed by atoms with Crippen molar-refractivity contribution in [2.45, 2.75) is 44.7 Å². The molecule has 6 nitrogen and oxygen atoms in total. The first kappa shape index (κ1) is 15.4. The number of carbonyl (C=O) groups is 1. The van der Waals surface area contributed by atoms with Crippen LogP contribution in [0.25, 0.3) is 0 Å². The quantitative estimate of drug-likeness (QED) is 0.887. The Hall–Kier alpha value is -2.50. The Labute approximate surface area is 135 Å². The number of nitrogens with one attached hydrogen (secondary N) is 2. The van der Waals surface area contributed by atoms with Crippen LogP contribution in [0.2, 0.25) is 0 Å². The number of anilines is 1. The van der Waals surface area contributed by atoms with Crippen molar-refractivity contribution in [1.29, 1.82) is 0 Å². The lowest BCUT2D eigenvalue weighted by atomic mass is 9.96. The van der Waals surface area contributed by atoms with Gasteiger partial charge in [0.05, 0.1) is 5.56 Å². The van der Waals surface area contributed by atoms with E-state index in [0.717, 1.165) is 18.4 Å². The Bertz CT molecular complexity index is 623. The van der Waals surface area contributed by atoms with E-state index in [2.05, 4.69) is 25.6 Å². The average molecular weight is 311 g/mol. The molecule has 120 valence electrons. The molecular weight excluding hydrogens is 290 g/mol. The Morgan fingerprint density at radius 1 is 1.09 bits per heavy atom. The molecule has 6 heteroatoms. The van der Waals surface area contributed by atoms with Crippen LogP contribution < -0.4 is 10.6 Å². The summed E-state index contributed by atoms with van der Waals surface area (Å²) in [6.45, 7) is 0.462. The van der Waals surface area contributed by atoms with E-state index in [1.54, 1.807) is 24.8 Å². The van der Waals surface area contributed by atoms with Gasteiger partial charge in [0, 0.05) is 37.4 Å². The molecule has 23 heavy (non-hydrogen) atoms. The average Bonchev–Trinajstić information content (AvgIpc) is 2.62. The minimum absolute atomic E-state index is 0.175. The maximum atomic E-state index is 12.1. The Morgan fingerprint density at radius 3 is 2.48 bits per heavy atom. The molecule has 0 radical (unpaired) electrons. The summed E-state index contributed by atoms with van der Waals surface area (Å²) in [6, 6.07) is 4.19. The van der Waals surface area contributed by atoms with Crippen LogP contribution in [0.5, 0.6) is 0 Å². The van der Waals surface area contributed by atoms with E-state index in [1.165, 1.54) is 19.3 Å². The molecule has 0 atom stereocenters. The first-order valence-corrected chi connectivity index (χ1v) is 8.07. The number of carbonyl (C=O) groups excluding carboxylic acids is 1. The fraction of sp³-hybridized carbons (Fsp3) is 0.412. The van der Waals surface area contributed by atoms with Gasteiger partial charge in [-0.05, 0) is 30.5 Å². The van der Waals surface area contributed by atoms with Gasteiger partial charge >= 0.3 is 0 Å². The predicted molar refractivity (Wildman–Crippen MR) is 87.9 cm³/mol. The molecule has 2 N–H and O–H groups in total. The summed E-state index contributed by atoms with van der Waals surface area (Å²) < 4.78 is 0. The molecular formula is C17H21N5O. The molecule has 2 heterocycles. The topological polar surface area (TPSA) is 79.8 Å². The zero-order chi connectivity index (χ0) is 15.9. The van der Waals surface area contributed by atoms with E-state index >= 15 is 0 Å². The smallest absolute Gasteiger partial charge is 0.254 e. The number of pyridine rings is 1. The molecule has 0 bridgehead atoms. The zero-order valence-corrected chi connectivity index (χ0v) is 13.0. The van der Waals surface area contributed by atoms with Gasteiger partial charge < -0.3 is 10.6 Å². The fourth-order valence-corrected chi connectivity index (χ4v) is 2.73. The Kier molecular flexibility index (Phi) is 5.13. The summed E-state index contributed by atoms with van der Waals surface area (Å²) >= 11 is 0. The lowest BCUT2D eigenvalue weighted by Crippen LogP contribution is -2.25. The summed E-state index contributed by atoms with van der Waals surface area (Å²) in [4.78, 5) is 24.6. The van der Waals surface area contributed by atoms with Gasteiger partial charge in [-0.25, -0.2) is 9.97 Å². The molecule has 1 aliphatic carbocycles. The van der Waals surface area contributed by atoms with Gasteiger partial charge in [0.1, 0.15) is 0 Å². The Morgan fingerprint density at radius 2 is 1.78 bits per heavy atom. The minimum atomic E-state index is -0.175. The maximum absolute atomic E-state index is 12.1. The van der Waals surface area contributed by atoms with Crippen LogP contribution in [0.1, 0.15) is 48.0 Å². The Balaban J connectivity index is 1.52. The summed E-state index contributed by atoms with van der Waals surface area (Å²) in [5, 5.41) is 6.19. The number of hydrogen-bond acceptors (Lipinski definition) is 5.